The second-order valence-corrected chi connectivity index (χ2v) is 7.89. The van der Waals surface area contributed by atoms with Gasteiger partial charge in [-0.05, 0) is 68.5 Å². The molecule has 180 valence electrons. The lowest BCUT2D eigenvalue weighted by molar-refractivity contribution is 0.414. The molecule has 3 aromatic rings. The highest BCUT2D eigenvalue weighted by atomic mass is 127. The molecule has 2 N–H and O–H groups in total. The summed E-state index contributed by atoms with van der Waals surface area (Å²) in [5, 5.41) is 11.4. The van der Waals surface area contributed by atoms with Gasteiger partial charge in [0, 0.05) is 38.8 Å². The Morgan fingerprint density at radius 2 is 1.79 bits per heavy atom. The summed E-state index contributed by atoms with van der Waals surface area (Å²) < 4.78 is 12.6. The van der Waals surface area contributed by atoms with Crippen LogP contribution < -0.4 is 15.4 Å². The van der Waals surface area contributed by atoms with Crippen molar-refractivity contribution < 1.29 is 9.15 Å². The van der Waals surface area contributed by atoms with Gasteiger partial charge >= 0.3 is 0 Å². The average molecular weight is 566 g/mol. The summed E-state index contributed by atoms with van der Waals surface area (Å²) in [6.45, 7) is 6.53. The van der Waals surface area contributed by atoms with Crippen molar-refractivity contribution in [3.63, 3.8) is 0 Å². The topological polar surface area (TPSA) is 76.6 Å². The first-order valence-electron chi connectivity index (χ1n) is 11.2. The van der Waals surface area contributed by atoms with Crippen molar-refractivity contribution in [2.75, 3.05) is 26.7 Å². The van der Waals surface area contributed by atoms with Gasteiger partial charge in [-0.1, -0.05) is 12.1 Å². The molecule has 0 saturated carbocycles. The summed E-state index contributed by atoms with van der Waals surface area (Å²) in [6, 6.07) is 12.1. The normalized spacial score (nSPS) is 11.2. The Kier molecular flexibility index (Phi) is 11.3. The zero-order valence-corrected chi connectivity index (χ0v) is 22.4. The largest absolute Gasteiger partial charge is 0.497 e. The highest BCUT2D eigenvalue weighted by Crippen LogP contribution is 2.14. The van der Waals surface area contributed by atoms with Crippen LogP contribution in [-0.4, -0.2) is 42.5 Å². The molecule has 0 aliphatic rings. The number of nitrogens with zero attached hydrogens (tertiary/aromatic N) is 3. The molecule has 0 spiro atoms. The fourth-order valence-electron chi connectivity index (χ4n) is 3.68. The van der Waals surface area contributed by atoms with Crippen molar-refractivity contribution in [3.05, 3.63) is 70.9 Å². The lowest BCUT2D eigenvalue weighted by Gasteiger charge is -2.13. The first-order chi connectivity index (χ1) is 15.6. The van der Waals surface area contributed by atoms with Crippen molar-refractivity contribution in [2.45, 2.75) is 39.5 Å². The molecule has 8 heteroatoms. The maximum Gasteiger partial charge on any atom is 0.191 e. The van der Waals surface area contributed by atoms with E-state index in [1.54, 1.807) is 13.4 Å². The molecule has 0 fully saturated rings. The van der Waals surface area contributed by atoms with Gasteiger partial charge in [-0.3, -0.25) is 9.67 Å². The lowest BCUT2D eigenvalue weighted by atomic mass is 10.1. The molecule has 0 aliphatic carbocycles. The molecule has 7 nitrogen and oxygen atoms in total. The zero-order valence-electron chi connectivity index (χ0n) is 20.1. The third-order valence-corrected chi connectivity index (χ3v) is 5.62. The number of benzene rings is 1. The third kappa shape index (κ3) is 8.42. The molecule has 33 heavy (non-hydrogen) atoms. The smallest absolute Gasteiger partial charge is 0.191 e. The molecule has 0 atom stereocenters. The van der Waals surface area contributed by atoms with Gasteiger partial charge in [0.1, 0.15) is 11.5 Å². The number of aliphatic imine (C=N–C) groups is 1. The number of aromatic nitrogens is 2. The number of methoxy groups -OCH3 is 1. The van der Waals surface area contributed by atoms with Crippen LogP contribution in [0.25, 0.3) is 0 Å². The predicted octanol–water partition coefficient (Wildman–Crippen LogP) is 4.21. The quantitative estimate of drug-likeness (QED) is 0.158. The van der Waals surface area contributed by atoms with Crippen LogP contribution in [0.3, 0.4) is 0 Å². The first-order valence-corrected chi connectivity index (χ1v) is 11.2. The minimum absolute atomic E-state index is 0. The third-order valence-electron chi connectivity index (χ3n) is 5.62. The Hall–Kier alpha value is -2.49. The van der Waals surface area contributed by atoms with Crippen molar-refractivity contribution in [1.29, 1.82) is 0 Å². The number of nitrogens with one attached hydrogen (secondary N) is 2. The number of ether oxygens (including phenoxy) is 1. The van der Waals surface area contributed by atoms with E-state index in [2.05, 4.69) is 41.7 Å². The monoisotopic (exact) mass is 565 g/mol. The van der Waals surface area contributed by atoms with Crippen LogP contribution in [0.1, 0.15) is 34.7 Å². The van der Waals surface area contributed by atoms with E-state index in [9.17, 15) is 0 Å². The van der Waals surface area contributed by atoms with Crippen LogP contribution >= 0.6 is 24.0 Å². The fraction of sp³-hybridized carbons (Fsp3) is 0.440. The standard InChI is InChI=1S/C25H35N5O2.HI/c1-19-24(20(2)30(3)29-19)8-5-15-26-25(28-17-14-23-7-6-18-32-23)27-16-13-21-9-11-22(31-4)12-10-21;/h6-7,9-12,18H,5,8,13-17H2,1-4H3,(H2,26,27,28);1H. The Balaban J connectivity index is 0.00000385. The van der Waals surface area contributed by atoms with Crippen LogP contribution in [0, 0.1) is 13.8 Å². The SMILES string of the molecule is COc1ccc(CCNC(=NCCCc2c(C)nn(C)c2C)NCCc2ccco2)cc1.I. The van der Waals surface area contributed by atoms with E-state index in [1.807, 2.05) is 36.0 Å². The highest BCUT2D eigenvalue weighted by molar-refractivity contribution is 14.0. The number of furan rings is 1. The van der Waals surface area contributed by atoms with E-state index in [4.69, 9.17) is 14.1 Å². The van der Waals surface area contributed by atoms with Crippen LogP contribution in [0.5, 0.6) is 5.75 Å². The van der Waals surface area contributed by atoms with E-state index < -0.39 is 0 Å². The number of aryl methyl sites for hydroxylation is 2. The van der Waals surface area contributed by atoms with E-state index in [1.165, 1.54) is 16.8 Å². The van der Waals surface area contributed by atoms with Gasteiger partial charge in [0.15, 0.2) is 5.96 Å². The molecule has 0 radical (unpaired) electrons. The molecular weight excluding hydrogens is 529 g/mol. The van der Waals surface area contributed by atoms with Crippen molar-refractivity contribution in [3.8, 4) is 5.75 Å². The molecule has 0 amide bonds. The molecule has 0 unspecified atom stereocenters. The van der Waals surface area contributed by atoms with Gasteiger partial charge in [-0.2, -0.15) is 5.10 Å². The molecule has 0 saturated heterocycles. The minimum Gasteiger partial charge on any atom is -0.497 e. The molecule has 1 aromatic carbocycles. The molecule has 2 aromatic heterocycles. The van der Waals surface area contributed by atoms with Gasteiger partial charge < -0.3 is 19.8 Å². The number of halogens is 1. The Bertz CT molecular complexity index is 981. The van der Waals surface area contributed by atoms with E-state index >= 15 is 0 Å². The first kappa shape index (κ1) is 26.8. The molecule has 0 bridgehead atoms. The van der Waals surface area contributed by atoms with E-state index in [0.717, 1.165) is 68.5 Å². The number of guanidine groups is 1. The maximum atomic E-state index is 5.43. The van der Waals surface area contributed by atoms with Gasteiger partial charge in [0.05, 0.1) is 19.1 Å². The van der Waals surface area contributed by atoms with Gasteiger partial charge in [-0.25, -0.2) is 0 Å². The fourth-order valence-corrected chi connectivity index (χ4v) is 3.68. The van der Waals surface area contributed by atoms with E-state index in [-0.39, 0.29) is 24.0 Å². The van der Waals surface area contributed by atoms with Crippen molar-refractivity contribution in [1.82, 2.24) is 20.4 Å². The van der Waals surface area contributed by atoms with Crippen molar-refractivity contribution >= 4 is 29.9 Å². The summed E-state index contributed by atoms with van der Waals surface area (Å²) in [7, 11) is 3.68. The minimum atomic E-state index is 0. The predicted molar refractivity (Wildman–Crippen MR) is 144 cm³/mol. The van der Waals surface area contributed by atoms with Crippen LogP contribution in [0.2, 0.25) is 0 Å². The maximum absolute atomic E-state index is 5.43. The molecular formula is C25H36IN5O2. The number of rotatable bonds is 11. The Morgan fingerprint density at radius 1 is 1.06 bits per heavy atom. The van der Waals surface area contributed by atoms with Gasteiger partial charge in [-0.15, -0.1) is 24.0 Å². The lowest BCUT2D eigenvalue weighted by Crippen LogP contribution is -2.39. The van der Waals surface area contributed by atoms with Crippen LogP contribution in [-0.2, 0) is 26.3 Å². The summed E-state index contributed by atoms with van der Waals surface area (Å²) in [6.07, 6.45) is 5.41. The van der Waals surface area contributed by atoms with Crippen molar-refractivity contribution in [2.24, 2.45) is 12.0 Å². The Morgan fingerprint density at radius 3 is 2.39 bits per heavy atom. The number of hydrogen-bond donors (Lipinski definition) is 2. The summed E-state index contributed by atoms with van der Waals surface area (Å²) >= 11 is 0. The molecule has 0 aliphatic heterocycles. The summed E-state index contributed by atoms with van der Waals surface area (Å²) in [5.41, 5.74) is 4.95. The number of hydrogen-bond acceptors (Lipinski definition) is 4. The highest BCUT2D eigenvalue weighted by Gasteiger charge is 2.08. The second-order valence-electron chi connectivity index (χ2n) is 7.89. The summed E-state index contributed by atoms with van der Waals surface area (Å²) in [4.78, 5) is 4.80. The Labute approximate surface area is 214 Å². The zero-order chi connectivity index (χ0) is 22.8. The second kappa shape index (κ2) is 13.9. The van der Waals surface area contributed by atoms with Gasteiger partial charge in [0.25, 0.3) is 0 Å². The summed E-state index contributed by atoms with van der Waals surface area (Å²) in [5.74, 6) is 2.69. The molecule has 2 heterocycles. The average Bonchev–Trinajstić information content (AvgIpc) is 3.39. The van der Waals surface area contributed by atoms with E-state index in [0.29, 0.717) is 0 Å². The van der Waals surface area contributed by atoms with Crippen LogP contribution in [0.4, 0.5) is 0 Å². The van der Waals surface area contributed by atoms with Gasteiger partial charge in [0.2, 0.25) is 0 Å². The molecule has 3 rings (SSSR count). The van der Waals surface area contributed by atoms with Crippen LogP contribution in [0.15, 0.2) is 52.1 Å².